The van der Waals surface area contributed by atoms with Gasteiger partial charge in [0.1, 0.15) is 5.82 Å². The first-order valence-electron chi connectivity index (χ1n) is 10.0. The van der Waals surface area contributed by atoms with Crippen LogP contribution in [0.15, 0.2) is 70.2 Å². The van der Waals surface area contributed by atoms with E-state index in [1.165, 1.54) is 0 Å². The molecule has 0 radical (unpaired) electrons. The van der Waals surface area contributed by atoms with E-state index in [-0.39, 0.29) is 11.4 Å². The number of hydrogen-bond acceptors (Lipinski definition) is 5. The molecule has 0 amide bonds. The van der Waals surface area contributed by atoms with Crippen LogP contribution in [0.1, 0.15) is 12.5 Å². The van der Waals surface area contributed by atoms with Crippen molar-refractivity contribution in [2.45, 2.75) is 18.2 Å². The predicted molar refractivity (Wildman–Crippen MR) is 131 cm³/mol. The summed E-state index contributed by atoms with van der Waals surface area (Å²) in [5, 5.41) is 8.17. The number of sulfonamides is 1. The molecule has 166 valence electrons. The molecule has 0 saturated carbocycles. The van der Waals surface area contributed by atoms with Gasteiger partial charge in [0.25, 0.3) is 0 Å². The number of anilines is 1. The van der Waals surface area contributed by atoms with Gasteiger partial charge in [0, 0.05) is 29.7 Å². The molecule has 2 heterocycles. The molecule has 0 fully saturated rings. The minimum absolute atomic E-state index is 0.200. The number of fused-ring (bicyclic) bond motifs is 1. The normalized spacial score (nSPS) is 11.7. The maximum atomic E-state index is 12.5. The van der Waals surface area contributed by atoms with Gasteiger partial charge in [-0.05, 0) is 46.1 Å². The first-order chi connectivity index (χ1) is 15.4. The molecule has 0 aliphatic heterocycles. The van der Waals surface area contributed by atoms with Crippen LogP contribution in [-0.4, -0.2) is 36.1 Å². The number of nitrogens with one attached hydrogen (secondary N) is 2. The Morgan fingerprint density at radius 3 is 2.56 bits per heavy atom. The second kappa shape index (κ2) is 9.58. The van der Waals surface area contributed by atoms with E-state index in [0.29, 0.717) is 28.7 Å². The van der Waals surface area contributed by atoms with Crippen molar-refractivity contribution in [3.63, 3.8) is 0 Å². The largest absolute Gasteiger partial charge is 0.369 e. The average Bonchev–Trinajstić information content (AvgIpc) is 3.18. The SMILES string of the molecule is CCc1ccc(S(=O)(=O)NCCNc2cc(-c3ccccc3Cl)nc3c(Br)cnn23)cc1. The zero-order valence-electron chi connectivity index (χ0n) is 17.2. The van der Waals surface area contributed by atoms with Crippen LogP contribution in [0, 0.1) is 0 Å². The molecular weight excluding hydrogens is 514 g/mol. The van der Waals surface area contributed by atoms with Crippen molar-refractivity contribution >= 4 is 49.0 Å². The van der Waals surface area contributed by atoms with E-state index in [0.717, 1.165) is 22.0 Å². The summed E-state index contributed by atoms with van der Waals surface area (Å²) in [6, 6.07) is 16.2. The number of nitrogens with zero attached hydrogens (tertiary/aromatic N) is 3. The Labute approximate surface area is 200 Å². The molecule has 2 N–H and O–H groups in total. The van der Waals surface area contributed by atoms with E-state index in [1.54, 1.807) is 22.8 Å². The van der Waals surface area contributed by atoms with Crippen molar-refractivity contribution < 1.29 is 8.42 Å². The monoisotopic (exact) mass is 533 g/mol. The Morgan fingerprint density at radius 1 is 1.09 bits per heavy atom. The van der Waals surface area contributed by atoms with E-state index >= 15 is 0 Å². The second-order valence-electron chi connectivity index (χ2n) is 7.06. The Hall–Kier alpha value is -2.46. The minimum Gasteiger partial charge on any atom is -0.369 e. The fourth-order valence-electron chi connectivity index (χ4n) is 3.23. The number of rotatable bonds is 8. The lowest BCUT2D eigenvalue weighted by molar-refractivity contribution is 0.583. The van der Waals surface area contributed by atoms with E-state index < -0.39 is 10.0 Å². The Morgan fingerprint density at radius 2 is 1.84 bits per heavy atom. The van der Waals surface area contributed by atoms with Gasteiger partial charge < -0.3 is 5.32 Å². The first kappa shape index (κ1) is 22.7. The molecule has 0 aliphatic rings. The smallest absolute Gasteiger partial charge is 0.240 e. The third-order valence-corrected chi connectivity index (χ3v) is 7.31. The van der Waals surface area contributed by atoms with Crippen LogP contribution < -0.4 is 10.0 Å². The predicted octanol–water partition coefficient (Wildman–Crippen LogP) is 4.77. The number of halogens is 2. The van der Waals surface area contributed by atoms with Gasteiger partial charge >= 0.3 is 0 Å². The van der Waals surface area contributed by atoms with Crippen LogP contribution in [0.25, 0.3) is 16.9 Å². The fraction of sp³-hybridized carbons (Fsp3) is 0.182. The summed E-state index contributed by atoms with van der Waals surface area (Å²) in [4.78, 5) is 4.91. The number of benzene rings is 2. The van der Waals surface area contributed by atoms with Crippen LogP contribution in [0.4, 0.5) is 5.82 Å². The Bertz CT molecular complexity index is 1360. The molecule has 7 nitrogen and oxygen atoms in total. The molecule has 2 aromatic carbocycles. The summed E-state index contributed by atoms with van der Waals surface area (Å²) in [5.41, 5.74) is 3.20. The summed E-state index contributed by atoms with van der Waals surface area (Å²) in [5.74, 6) is 0.669. The van der Waals surface area contributed by atoms with Crippen LogP contribution >= 0.6 is 27.5 Å². The van der Waals surface area contributed by atoms with Crippen molar-refractivity contribution in [3.05, 3.63) is 75.9 Å². The summed E-state index contributed by atoms with van der Waals surface area (Å²) in [6.07, 6.45) is 2.52. The molecule has 10 heteroatoms. The van der Waals surface area contributed by atoms with Crippen molar-refractivity contribution in [1.82, 2.24) is 19.3 Å². The molecule has 2 aromatic heterocycles. The van der Waals surface area contributed by atoms with Gasteiger partial charge in [-0.15, -0.1) is 0 Å². The van der Waals surface area contributed by atoms with Crippen LogP contribution in [0.5, 0.6) is 0 Å². The highest BCUT2D eigenvalue weighted by atomic mass is 79.9. The van der Waals surface area contributed by atoms with E-state index in [9.17, 15) is 8.42 Å². The highest BCUT2D eigenvalue weighted by Gasteiger charge is 2.15. The maximum Gasteiger partial charge on any atom is 0.240 e. The molecular formula is C22H21BrClN5O2S. The number of aromatic nitrogens is 3. The summed E-state index contributed by atoms with van der Waals surface area (Å²) in [6.45, 7) is 2.58. The molecule has 0 bridgehead atoms. The Balaban J connectivity index is 1.51. The van der Waals surface area contributed by atoms with Gasteiger partial charge in [0.15, 0.2) is 5.65 Å². The van der Waals surface area contributed by atoms with Gasteiger partial charge in [0.05, 0.1) is 21.3 Å². The standard InChI is InChI=1S/C22H21BrClN5O2S/c1-2-15-7-9-16(10-8-15)32(30,31)27-12-11-25-21-13-20(17-5-3-4-6-19(17)24)28-22-18(23)14-26-29(21)22/h3-10,13-14,25,27H,2,11-12H2,1H3. The third-order valence-electron chi connectivity index (χ3n) is 4.94. The highest BCUT2D eigenvalue weighted by molar-refractivity contribution is 9.10. The summed E-state index contributed by atoms with van der Waals surface area (Å²) in [7, 11) is -3.58. The van der Waals surface area contributed by atoms with Crippen molar-refractivity contribution in [1.29, 1.82) is 0 Å². The second-order valence-corrected chi connectivity index (χ2v) is 10.1. The molecule has 0 saturated heterocycles. The Kier molecular flexibility index (Phi) is 6.80. The van der Waals surface area contributed by atoms with Crippen molar-refractivity contribution in [3.8, 4) is 11.3 Å². The van der Waals surface area contributed by atoms with Crippen LogP contribution in [-0.2, 0) is 16.4 Å². The molecule has 0 unspecified atom stereocenters. The van der Waals surface area contributed by atoms with Crippen LogP contribution in [0.3, 0.4) is 0 Å². The molecule has 4 aromatic rings. The van der Waals surface area contributed by atoms with Crippen molar-refractivity contribution in [2.75, 3.05) is 18.4 Å². The van der Waals surface area contributed by atoms with Gasteiger partial charge in [-0.25, -0.2) is 18.1 Å². The third kappa shape index (κ3) is 4.80. The quantitative estimate of drug-likeness (QED) is 0.318. The van der Waals surface area contributed by atoms with Gasteiger partial charge in [-0.1, -0.05) is 48.9 Å². The highest BCUT2D eigenvalue weighted by Crippen LogP contribution is 2.30. The lowest BCUT2D eigenvalue weighted by atomic mass is 10.1. The topological polar surface area (TPSA) is 88.4 Å². The molecule has 0 atom stereocenters. The maximum absolute atomic E-state index is 12.5. The van der Waals surface area contributed by atoms with E-state index in [4.69, 9.17) is 11.6 Å². The zero-order chi connectivity index (χ0) is 22.7. The molecule has 4 rings (SSSR count). The molecule has 0 aliphatic carbocycles. The summed E-state index contributed by atoms with van der Waals surface area (Å²) < 4.78 is 30.1. The summed E-state index contributed by atoms with van der Waals surface area (Å²) >= 11 is 9.83. The molecule has 32 heavy (non-hydrogen) atoms. The first-order valence-corrected chi connectivity index (χ1v) is 12.7. The van der Waals surface area contributed by atoms with E-state index in [1.807, 2.05) is 49.4 Å². The fourth-order valence-corrected chi connectivity index (χ4v) is 4.85. The zero-order valence-corrected chi connectivity index (χ0v) is 20.4. The van der Waals surface area contributed by atoms with Gasteiger partial charge in [-0.3, -0.25) is 0 Å². The van der Waals surface area contributed by atoms with Gasteiger partial charge in [-0.2, -0.15) is 9.61 Å². The average molecular weight is 535 g/mol. The minimum atomic E-state index is -3.58. The van der Waals surface area contributed by atoms with E-state index in [2.05, 4.69) is 36.1 Å². The lowest BCUT2D eigenvalue weighted by Crippen LogP contribution is -2.29. The molecule has 0 spiro atoms. The number of hydrogen-bond donors (Lipinski definition) is 2. The number of aryl methyl sites for hydroxylation is 1. The lowest BCUT2D eigenvalue weighted by Gasteiger charge is -2.12. The van der Waals surface area contributed by atoms with Gasteiger partial charge in [0.2, 0.25) is 10.0 Å². The van der Waals surface area contributed by atoms with Crippen molar-refractivity contribution in [2.24, 2.45) is 0 Å². The van der Waals surface area contributed by atoms with Crippen LogP contribution in [0.2, 0.25) is 5.02 Å².